The van der Waals surface area contributed by atoms with Crippen LogP contribution in [-0.4, -0.2) is 37.9 Å². The lowest BCUT2D eigenvalue weighted by molar-refractivity contribution is -0.109. The van der Waals surface area contributed by atoms with Gasteiger partial charge in [-0.15, -0.1) is 0 Å². The van der Waals surface area contributed by atoms with Crippen LogP contribution in [0.3, 0.4) is 0 Å². The second-order valence-corrected chi connectivity index (χ2v) is 7.05. The lowest BCUT2D eigenvalue weighted by atomic mass is 9.75. The summed E-state index contributed by atoms with van der Waals surface area (Å²) in [6.45, 7) is 6.12. The first kappa shape index (κ1) is 18.8. The first-order chi connectivity index (χ1) is 10.4. The molecular formula is C17H29NO4. The van der Waals surface area contributed by atoms with E-state index < -0.39 is 11.7 Å². The van der Waals surface area contributed by atoms with E-state index >= 15 is 0 Å². The normalized spacial score (nSPS) is 24.2. The molecule has 1 aliphatic rings. The van der Waals surface area contributed by atoms with Crippen LogP contribution < -0.4 is 0 Å². The van der Waals surface area contributed by atoms with Crippen molar-refractivity contribution in [3.05, 3.63) is 0 Å². The molecule has 0 N–H and O–H groups in total. The summed E-state index contributed by atoms with van der Waals surface area (Å²) in [5, 5.41) is 0. The predicted octanol–water partition coefficient (Wildman–Crippen LogP) is 3.65. The molecule has 126 valence electrons. The van der Waals surface area contributed by atoms with Gasteiger partial charge in [-0.2, -0.15) is 4.99 Å². The Labute approximate surface area is 133 Å². The van der Waals surface area contributed by atoms with Crippen molar-refractivity contribution >= 4 is 18.6 Å². The Hall–Kier alpha value is -1.23. The Morgan fingerprint density at radius 1 is 1.27 bits per heavy atom. The fourth-order valence-electron chi connectivity index (χ4n) is 2.95. The highest BCUT2D eigenvalue weighted by Crippen LogP contribution is 2.34. The molecule has 0 aromatic heterocycles. The first-order valence-electron chi connectivity index (χ1n) is 8.05. The van der Waals surface area contributed by atoms with Crippen LogP contribution >= 0.6 is 0 Å². The molecule has 1 fully saturated rings. The van der Waals surface area contributed by atoms with E-state index in [9.17, 15) is 9.59 Å². The summed E-state index contributed by atoms with van der Waals surface area (Å²) < 4.78 is 10.4. The Kier molecular flexibility index (Phi) is 7.73. The number of carbonyl (C=O) groups is 2. The number of aldehydes is 1. The maximum atomic E-state index is 11.6. The van der Waals surface area contributed by atoms with Crippen molar-refractivity contribution in [1.82, 2.24) is 0 Å². The van der Waals surface area contributed by atoms with Gasteiger partial charge in [0.1, 0.15) is 11.9 Å². The molecule has 0 spiro atoms. The van der Waals surface area contributed by atoms with Gasteiger partial charge < -0.3 is 14.3 Å². The minimum atomic E-state index is -0.521. The molecule has 1 saturated carbocycles. The van der Waals surface area contributed by atoms with Gasteiger partial charge in [0.2, 0.25) is 0 Å². The number of carbonyl (C=O) groups excluding carboxylic acids is 2. The molecule has 1 rings (SSSR count). The minimum Gasteiger partial charge on any atom is -0.442 e. The first-order valence-corrected chi connectivity index (χ1v) is 8.05. The van der Waals surface area contributed by atoms with Gasteiger partial charge in [0.05, 0.1) is 0 Å². The number of amides is 1. The van der Waals surface area contributed by atoms with Crippen LogP contribution in [0.15, 0.2) is 4.99 Å². The van der Waals surface area contributed by atoms with Gasteiger partial charge in [-0.25, -0.2) is 4.79 Å². The number of ether oxygens (including phenoxy) is 2. The smallest absolute Gasteiger partial charge is 0.433 e. The number of rotatable bonds is 6. The van der Waals surface area contributed by atoms with Gasteiger partial charge in [-0.05, 0) is 64.2 Å². The largest absolute Gasteiger partial charge is 0.442 e. The SMILES string of the molecule is COCC(CC=O)C1CCC(/C=N/C(=O)OC(C)(C)C)CC1. The van der Waals surface area contributed by atoms with Crippen LogP contribution in [0.4, 0.5) is 4.79 Å². The lowest BCUT2D eigenvalue weighted by Crippen LogP contribution is -2.26. The topological polar surface area (TPSA) is 65.0 Å². The highest BCUT2D eigenvalue weighted by molar-refractivity contribution is 5.80. The number of nitrogens with zero attached hydrogens (tertiary/aromatic N) is 1. The summed E-state index contributed by atoms with van der Waals surface area (Å²) in [6.07, 6.45) is 6.85. The van der Waals surface area contributed by atoms with Gasteiger partial charge in [-0.3, -0.25) is 0 Å². The van der Waals surface area contributed by atoms with Crippen LogP contribution in [0.2, 0.25) is 0 Å². The van der Waals surface area contributed by atoms with Gasteiger partial charge in [0, 0.05) is 26.4 Å². The molecule has 0 aromatic rings. The van der Waals surface area contributed by atoms with Crippen molar-refractivity contribution in [2.75, 3.05) is 13.7 Å². The lowest BCUT2D eigenvalue weighted by Gasteiger charge is -2.31. The van der Waals surface area contributed by atoms with E-state index in [1.54, 1.807) is 13.3 Å². The summed E-state index contributed by atoms with van der Waals surface area (Å²) in [4.78, 5) is 26.2. The highest BCUT2D eigenvalue weighted by atomic mass is 16.6. The zero-order valence-corrected chi connectivity index (χ0v) is 14.2. The molecule has 1 unspecified atom stereocenters. The van der Waals surface area contributed by atoms with E-state index in [1.165, 1.54) is 0 Å². The quantitative estimate of drug-likeness (QED) is 0.555. The van der Waals surface area contributed by atoms with Crippen LogP contribution in [0.1, 0.15) is 52.9 Å². The third-order valence-electron chi connectivity index (χ3n) is 4.05. The van der Waals surface area contributed by atoms with Crippen molar-refractivity contribution in [2.24, 2.45) is 22.7 Å². The van der Waals surface area contributed by atoms with Crippen molar-refractivity contribution in [2.45, 2.75) is 58.5 Å². The highest BCUT2D eigenvalue weighted by Gasteiger charge is 2.27. The maximum absolute atomic E-state index is 11.6. The molecule has 5 nitrogen and oxygen atoms in total. The van der Waals surface area contributed by atoms with E-state index in [0.29, 0.717) is 30.8 Å². The summed E-state index contributed by atoms with van der Waals surface area (Å²) in [5.74, 6) is 1.16. The van der Waals surface area contributed by atoms with Crippen molar-refractivity contribution in [3.8, 4) is 0 Å². The van der Waals surface area contributed by atoms with Gasteiger partial charge in [0.25, 0.3) is 0 Å². The Balaban J connectivity index is 2.41. The summed E-state index contributed by atoms with van der Waals surface area (Å²) >= 11 is 0. The Morgan fingerprint density at radius 3 is 2.41 bits per heavy atom. The zero-order valence-electron chi connectivity index (χ0n) is 14.2. The Morgan fingerprint density at radius 2 is 1.91 bits per heavy atom. The maximum Gasteiger partial charge on any atom is 0.433 e. The minimum absolute atomic E-state index is 0.311. The average molecular weight is 311 g/mol. The number of methoxy groups -OCH3 is 1. The number of hydrogen-bond donors (Lipinski definition) is 0. The van der Waals surface area contributed by atoms with Crippen LogP contribution in [0.25, 0.3) is 0 Å². The molecule has 0 bridgehead atoms. The van der Waals surface area contributed by atoms with Crippen LogP contribution in [-0.2, 0) is 14.3 Å². The standard InChI is InChI=1S/C17H29NO4/c1-17(2,3)22-16(20)18-11-13-5-7-14(8-6-13)15(9-10-19)12-21-4/h10-11,13-15H,5-9,12H2,1-4H3/b18-11+. The van der Waals surface area contributed by atoms with E-state index in [1.807, 2.05) is 20.8 Å². The fourth-order valence-corrected chi connectivity index (χ4v) is 2.95. The second kappa shape index (κ2) is 9.03. The molecular weight excluding hydrogens is 282 g/mol. The third kappa shape index (κ3) is 7.16. The van der Waals surface area contributed by atoms with E-state index in [-0.39, 0.29) is 0 Å². The predicted molar refractivity (Wildman–Crippen MR) is 86.2 cm³/mol. The molecule has 1 atom stereocenters. The molecule has 5 heteroatoms. The molecule has 1 amide bonds. The molecule has 22 heavy (non-hydrogen) atoms. The van der Waals surface area contributed by atoms with Crippen LogP contribution in [0.5, 0.6) is 0 Å². The van der Waals surface area contributed by atoms with Crippen molar-refractivity contribution < 1.29 is 19.1 Å². The van der Waals surface area contributed by atoms with Crippen molar-refractivity contribution in [3.63, 3.8) is 0 Å². The van der Waals surface area contributed by atoms with Crippen LogP contribution in [0, 0.1) is 17.8 Å². The zero-order chi connectivity index (χ0) is 16.6. The number of aliphatic imine (C=N–C) groups is 1. The molecule has 1 aliphatic carbocycles. The molecule has 0 heterocycles. The third-order valence-corrected chi connectivity index (χ3v) is 4.05. The summed E-state index contributed by atoms with van der Waals surface area (Å²) in [5.41, 5.74) is -0.506. The van der Waals surface area contributed by atoms with Gasteiger partial charge >= 0.3 is 6.09 Å². The summed E-state index contributed by atoms with van der Waals surface area (Å²) in [6, 6.07) is 0. The monoisotopic (exact) mass is 311 g/mol. The molecule has 0 aliphatic heterocycles. The second-order valence-electron chi connectivity index (χ2n) is 7.05. The summed E-state index contributed by atoms with van der Waals surface area (Å²) in [7, 11) is 1.68. The average Bonchev–Trinajstić information content (AvgIpc) is 2.44. The fraction of sp³-hybridized carbons (Fsp3) is 0.824. The van der Waals surface area contributed by atoms with Crippen molar-refractivity contribution in [1.29, 1.82) is 0 Å². The molecule has 0 saturated heterocycles. The van der Waals surface area contributed by atoms with Gasteiger partial charge in [0.15, 0.2) is 0 Å². The molecule has 0 radical (unpaired) electrons. The number of hydrogen-bond acceptors (Lipinski definition) is 4. The van der Waals surface area contributed by atoms with E-state index in [4.69, 9.17) is 9.47 Å². The van der Waals surface area contributed by atoms with Gasteiger partial charge in [-0.1, -0.05) is 0 Å². The molecule has 0 aromatic carbocycles. The Bertz CT molecular complexity index is 379. The van der Waals surface area contributed by atoms with E-state index in [2.05, 4.69) is 4.99 Å². The van der Waals surface area contributed by atoms with E-state index in [0.717, 1.165) is 32.0 Å².